The molecule has 0 saturated carbocycles. The van der Waals surface area contributed by atoms with Gasteiger partial charge < -0.3 is 9.30 Å². The summed E-state index contributed by atoms with van der Waals surface area (Å²) < 4.78 is 20.4. The van der Waals surface area contributed by atoms with E-state index in [0.717, 1.165) is 37.1 Å². The van der Waals surface area contributed by atoms with Crippen molar-refractivity contribution in [2.24, 2.45) is 0 Å². The van der Waals surface area contributed by atoms with Gasteiger partial charge in [-0.05, 0) is 37.6 Å². The first-order valence-corrected chi connectivity index (χ1v) is 5.63. The van der Waals surface area contributed by atoms with E-state index in [4.69, 9.17) is 4.74 Å². The average molecular weight is 221 g/mol. The van der Waals surface area contributed by atoms with Gasteiger partial charge in [-0.2, -0.15) is 0 Å². The van der Waals surface area contributed by atoms with Crippen molar-refractivity contribution in [3.8, 4) is 0 Å². The Bertz CT molecular complexity index is 464. The first-order chi connectivity index (χ1) is 7.81. The Morgan fingerprint density at radius 3 is 3.00 bits per heavy atom. The number of rotatable bonds is 5. The Balaban J connectivity index is 2.07. The quantitative estimate of drug-likeness (QED) is 0.707. The molecule has 0 aliphatic rings. The largest absolute Gasteiger partial charge is 0.382 e. The lowest BCUT2D eigenvalue weighted by molar-refractivity contribution is 0.142. The highest BCUT2D eigenvalue weighted by Crippen LogP contribution is 2.17. The van der Waals surface area contributed by atoms with Crippen LogP contribution in [-0.4, -0.2) is 17.8 Å². The van der Waals surface area contributed by atoms with Crippen molar-refractivity contribution in [3.05, 3.63) is 36.3 Å². The molecule has 0 N–H and O–H groups in total. The van der Waals surface area contributed by atoms with Crippen molar-refractivity contribution in [1.82, 2.24) is 4.57 Å². The first-order valence-electron chi connectivity index (χ1n) is 5.63. The van der Waals surface area contributed by atoms with Crippen LogP contribution in [0.3, 0.4) is 0 Å². The number of aromatic nitrogens is 1. The second-order valence-corrected chi connectivity index (χ2v) is 3.76. The molecule has 1 aromatic heterocycles. The SMILES string of the molecule is CCOCCCn1ccc2cc(F)ccc21. The van der Waals surface area contributed by atoms with Crippen molar-refractivity contribution in [1.29, 1.82) is 0 Å². The number of halogens is 1. The number of nitrogens with zero attached hydrogens (tertiary/aromatic N) is 1. The molecule has 86 valence electrons. The van der Waals surface area contributed by atoms with Crippen LogP contribution in [0.5, 0.6) is 0 Å². The lowest BCUT2D eigenvalue weighted by atomic mass is 10.2. The Hall–Kier alpha value is -1.35. The van der Waals surface area contributed by atoms with E-state index in [2.05, 4.69) is 4.57 Å². The van der Waals surface area contributed by atoms with Gasteiger partial charge in [0.2, 0.25) is 0 Å². The summed E-state index contributed by atoms with van der Waals surface area (Å²) in [7, 11) is 0. The van der Waals surface area contributed by atoms with Crippen LogP contribution in [0.15, 0.2) is 30.5 Å². The average Bonchev–Trinajstić information content (AvgIpc) is 2.67. The molecule has 0 saturated heterocycles. The third-order valence-electron chi connectivity index (χ3n) is 2.62. The number of hydrogen-bond donors (Lipinski definition) is 0. The van der Waals surface area contributed by atoms with Gasteiger partial charge in [-0.15, -0.1) is 0 Å². The highest BCUT2D eigenvalue weighted by atomic mass is 19.1. The molecule has 3 heteroatoms. The molecule has 1 heterocycles. The van der Waals surface area contributed by atoms with E-state index in [1.54, 1.807) is 6.07 Å². The van der Waals surface area contributed by atoms with Gasteiger partial charge in [0, 0.05) is 36.9 Å². The van der Waals surface area contributed by atoms with Crippen LogP contribution in [0.1, 0.15) is 13.3 Å². The molecule has 0 bridgehead atoms. The van der Waals surface area contributed by atoms with E-state index in [1.165, 1.54) is 6.07 Å². The highest BCUT2D eigenvalue weighted by molar-refractivity contribution is 5.80. The molecule has 0 radical (unpaired) electrons. The zero-order chi connectivity index (χ0) is 11.4. The molecule has 1 aromatic carbocycles. The van der Waals surface area contributed by atoms with Crippen molar-refractivity contribution in [2.45, 2.75) is 19.9 Å². The topological polar surface area (TPSA) is 14.2 Å². The van der Waals surface area contributed by atoms with E-state index in [0.29, 0.717) is 0 Å². The minimum Gasteiger partial charge on any atom is -0.382 e. The number of fused-ring (bicyclic) bond motifs is 1. The fourth-order valence-electron chi connectivity index (χ4n) is 1.85. The standard InChI is InChI=1S/C13H16FNO/c1-2-16-9-3-7-15-8-6-11-10-12(14)4-5-13(11)15/h4-6,8,10H,2-3,7,9H2,1H3. The summed E-state index contributed by atoms with van der Waals surface area (Å²) in [6, 6.07) is 6.83. The monoisotopic (exact) mass is 221 g/mol. The van der Waals surface area contributed by atoms with Gasteiger partial charge in [0.1, 0.15) is 5.82 Å². The summed E-state index contributed by atoms with van der Waals surface area (Å²) in [4.78, 5) is 0. The van der Waals surface area contributed by atoms with Crippen LogP contribution in [0.25, 0.3) is 10.9 Å². The second kappa shape index (κ2) is 5.12. The summed E-state index contributed by atoms with van der Waals surface area (Å²) in [5.41, 5.74) is 1.08. The van der Waals surface area contributed by atoms with Gasteiger partial charge in [-0.25, -0.2) is 4.39 Å². The summed E-state index contributed by atoms with van der Waals surface area (Å²) in [5, 5.41) is 0.955. The Morgan fingerprint density at radius 1 is 1.31 bits per heavy atom. The van der Waals surface area contributed by atoms with E-state index in [9.17, 15) is 4.39 Å². The molecular weight excluding hydrogens is 205 g/mol. The predicted molar refractivity (Wildman–Crippen MR) is 63.0 cm³/mol. The zero-order valence-electron chi connectivity index (χ0n) is 9.45. The van der Waals surface area contributed by atoms with Gasteiger partial charge >= 0.3 is 0 Å². The zero-order valence-corrected chi connectivity index (χ0v) is 9.45. The maximum atomic E-state index is 13.0. The van der Waals surface area contributed by atoms with E-state index in [-0.39, 0.29) is 5.82 Å². The molecular formula is C13H16FNO. The normalized spacial score (nSPS) is 11.1. The van der Waals surface area contributed by atoms with E-state index < -0.39 is 0 Å². The maximum Gasteiger partial charge on any atom is 0.123 e. The van der Waals surface area contributed by atoms with Gasteiger partial charge in [0.05, 0.1) is 0 Å². The van der Waals surface area contributed by atoms with Gasteiger partial charge in [0.25, 0.3) is 0 Å². The Labute approximate surface area is 94.6 Å². The maximum absolute atomic E-state index is 13.0. The molecule has 0 unspecified atom stereocenters. The molecule has 0 aliphatic carbocycles. The lowest BCUT2D eigenvalue weighted by Gasteiger charge is -2.05. The van der Waals surface area contributed by atoms with E-state index >= 15 is 0 Å². The summed E-state index contributed by atoms with van der Waals surface area (Å²) in [6.45, 7) is 4.44. The Kier molecular flexibility index (Phi) is 3.57. The molecule has 2 rings (SSSR count). The number of hydrogen-bond acceptors (Lipinski definition) is 1. The number of aryl methyl sites for hydroxylation is 1. The summed E-state index contributed by atoms with van der Waals surface area (Å²) >= 11 is 0. The first kappa shape index (κ1) is 11.1. The van der Waals surface area contributed by atoms with Crippen LogP contribution in [0.2, 0.25) is 0 Å². The molecule has 0 amide bonds. The molecule has 0 aliphatic heterocycles. The summed E-state index contributed by atoms with van der Waals surface area (Å²) in [5.74, 6) is -0.181. The van der Waals surface area contributed by atoms with Crippen LogP contribution >= 0.6 is 0 Å². The number of ether oxygens (including phenoxy) is 1. The molecule has 0 spiro atoms. The third kappa shape index (κ3) is 2.42. The van der Waals surface area contributed by atoms with Crippen LogP contribution < -0.4 is 0 Å². The van der Waals surface area contributed by atoms with Crippen molar-refractivity contribution < 1.29 is 9.13 Å². The molecule has 2 aromatic rings. The van der Waals surface area contributed by atoms with Crippen molar-refractivity contribution >= 4 is 10.9 Å². The third-order valence-corrected chi connectivity index (χ3v) is 2.62. The van der Waals surface area contributed by atoms with E-state index in [1.807, 2.05) is 25.3 Å². The minimum absolute atomic E-state index is 0.181. The number of benzene rings is 1. The smallest absolute Gasteiger partial charge is 0.123 e. The lowest BCUT2D eigenvalue weighted by Crippen LogP contribution is -2.01. The van der Waals surface area contributed by atoms with Gasteiger partial charge in [0.15, 0.2) is 0 Å². The second-order valence-electron chi connectivity index (χ2n) is 3.76. The summed E-state index contributed by atoms with van der Waals surface area (Å²) in [6.07, 6.45) is 2.98. The fourth-order valence-corrected chi connectivity index (χ4v) is 1.85. The van der Waals surface area contributed by atoms with Gasteiger partial charge in [-0.1, -0.05) is 0 Å². The molecule has 0 atom stereocenters. The van der Waals surface area contributed by atoms with Crippen LogP contribution in [-0.2, 0) is 11.3 Å². The van der Waals surface area contributed by atoms with Crippen molar-refractivity contribution in [3.63, 3.8) is 0 Å². The Morgan fingerprint density at radius 2 is 2.19 bits per heavy atom. The van der Waals surface area contributed by atoms with Crippen molar-refractivity contribution in [2.75, 3.05) is 13.2 Å². The fraction of sp³-hybridized carbons (Fsp3) is 0.385. The molecule has 2 nitrogen and oxygen atoms in total. The highest BCUT2D eigenvalue weighted by Gasteiger charge is 2.01. The minimum atomic E-state index is -0.181. The molecule has 16 heavy (non-hydrogen) atoms. The van der Waals surface area contributed by atoms with Crippen LogP contribution in [0, 0.1) is 5.82 Å². The van der Waals surface area contributed by atoms with Crippen LogP contribution in [0.4, 0.5) is 4.39 Å². The molecule has 0 fully saturated rings. The predicted octanol–water partition coefficient (Wildman–Crippen LogP) is 3.21. The van der Waals surface area contributed by atoms with Gasteiger partial charge in [-0.3, -0.25) is 0 Å².